The molecular weight excluding hydrogens is 292 g/mol. The largest absolute Gasteiger partial charge is 0.481 e. The van der Waals surface area contributed by atoms with Gasteiger partial charge in [0, 0.05) is 50.3 Å². The van der Waals surface area contributed by atoms with E-state index in [2.05, 4.69) is 21.4 Å². The van der Waals surface area contributed by atoms with Crippen molar-refractivity contribution in [1.29, 1.82) is 0 Å². The Morgan fingerprint density at radius 3 is 3.09 bits per heavy atom. The molecule has 124 valence electrons. The van der Waals surface area contributed by atoms with Gasteiger partial charge in [0.25, 0.3) is 0 Å². The van der Waals surface area contributed by atoms with E-state index in [1.165, 1.54) is 0 Å². The van der Waals surface area contributed by atoms with E-state index in [1.54, 1.807) is 13.3 Å². The molecule has 0 saturated carbocycles. The summed E-state index contributed by atoms with van der Waals surface area (Å²) in [7, 11) is 3.68. The summed E-state index contributed by atoms with van der Waals surface area (Å²) in [5, 5.41) is 3.54. The van der Waals surface area contributed by atoms with E-state index in [0.29, 0.717) is 11.8 Å². The number of ether oxygens (including phenoxy) is 2. The zero-order chi connectivity index (χ0) is 16.1. The molecule has 0 aromatic carbocycles. The lowest BCUT2D eigenvalue weighted by Crippen LogP contribution is -2.27. The van der Waals surface area contributed by atoms with Crippen LogP contribution in [0.2, 0.25) is 0 Å². The van der Waals surface area contributed by atoms with Gasteiger partial charge in [0.1, 0.15) is 11.9 Å². The van der Waals surface area contributed by atoms with Crippen LogP contribution in [0.25, 0.3) is 0 Å². The lowest BCUT2D eigenvalue weighted by molar-refractivity contribution is 0.0812. The fraction of sp³-hybridized carbons (Fsp3) is 0.529. The maximum absolute atomic E-state index is 5.89. The monoisotopic (exact) mass is 316 g/mol. The topological polar surface area (TPSA) is 61.2 Å². The van der Waals surface area contributed by atoms with Gasteiger partial charge in [-0.15, -0.1) is 0 Å². The molecule has 6 heteroatoms. The minimum atomic E-state index is 0.0930. The highest BCUT2D eigenvalue weighted by Gasteiger charge is 2.31. The van der Waals surface area contributed by atoms with Crippen LogP contribution < -0.4 is 10.1 Å². The van der Waals surface area contributed by atoms with Gasteiger partial charge >= 0.3 is 0 Å². The van der Waals surface area contributed by atoms with Gasteiger partial charge in [-0.2, -0.15) is 0 Å². The summed E-state index contributed by atoms with van der Waals surface area (Å²) in [5.74, 6) is 2.19. The molecule has 3 rings (SSSR count). The number of imidazole rings is 1. The molecule has 1 N–H and O–H groups in total. The molecule has 1 aliphatic rings. The molecule has 2 aromatic heterocycles. The number of nitrogens with zero attached hydrogens (tertiary/aromatic N) is 3. The van der Waals surface area contributed by atoms with E-state index in [4.69, 9.17) is 9.47 Å². The first-order valence-electron chi connectivity index (χ1n) is 8.07. The van der Waals surface area contributed by atoms with Crippen molar-refractivity contribution in [3.8, 4) is 5.88 Å². The highest BCUT2D eigenvalue weighted by molar-refractivity contribution is 5.25. The molecule has 0 unspecified atom stereocenters. The highest BCUT2D eigenvalue weighted by atomic mass is 16.5. The second kappa shape index (κ2) is 7.57. The maximum Gasteiger partial charge on any atom is 0.216 e. The summed E-state index contributed by atoms with van der Waals surface area (Å²) in [5.41, 5.74) is 1.13. The van der Waals surface area contributed by atoms with Gasteiger partial charge in [-0.05, 0) is 25.5 Å². The minimum absolute atomic E-state index is 0.0930. The van der Waals surface area contributed by atoms with Crippen LogP contribution in [0.15, 0.2) is 30.7 Å². The average Bonchev–Trinajstić information content (AvgIpc) is 3.20. The Hall–Kier alpha value is -1.92. The number of hydrogen-bond donors (Lipinski definition) is 1. The third kappa shape index (κ3) is 3.71. The molecule has 6 nitrogen and oxygen atoms in total. The van der Waals surface area contributed by atoms with Crippen molar-refractivity contribution in [2.75, 3.05) is 26.8 Å². The zero-order valence-corrected chi connectivity index (χ0v) is 13.7. The summed E-state index contributed by atoms with van der Waals surface area (Å²) in [4.78, 5) is 8.66. The van der Waals surface area contributed by atoms with Crippen LogP contribution in [0, 0.1) is 5.92 Å². The maximum atomic E-state index is 5.89. The second-order valence-corrected chi connectivity index (χ2v) is 5.86. The molecule has 0 aliphatic carbocycles. The van der Waals surface area contributed by atoms with Crippen molar-refractivity contribution in [2.45, 2.75) is 18.9 Å². The van der Waals surface area contributed by atoms with Gasteiger partial charge in [0.2, 0.25) is 5.88 Å². The van der Waals surface area contributed by atoms with Crippen molar-refractivity contribution in [2.24, 2.45) is 13.0 Å². The standard InChI is InChI=1S/C17H24N4O2/c1-21-10-9-19-16(21)15-14(6-11-23-15)12-18-8-5-13-4-3-7-20-17(13)22-2/h3-4,7,9-10,14-15,18H,5-6,8,11-12H2,1-2H3/t14-,15+/m0/s1. The Labute approximate surface area is 136 Å². The molecule has 2 atom stereocenters. The van der Waals surface area contributed by atoms with Crippen LogP contribution in [0.1, 0.15) is 23.9 Å². The van der Waals surface area contributed by atoms with Crippen LogP contribution in [0.5, 0.6) is 5.88 Å². The van der Waals surface area contributed by atoms with E-state index < -0.39 is 0 Å². The Morgan fingerprint density at radius 2 is 2.30 bits per heavy atom. The predicted molar refractivity (Wildman–Crippen MR) is 87.4 cm³/mol. The molecule has 0 spiro atoms. The van der Waals surface area contributed by atoms with Crippen LogP contribution >= 0.6 is 0 Å². The minimum Gasteiger partial charge on any atom is -0.481 e. The second-order valence-electron chi connectivity index (χ2n) is 5.86. The number of aromatic nitrogens is 3. The molecule has 1 saturated heterocycles. The lowest BCUT2D eigenvalue weighted by atomic mass is 10.0. The molecule has 1 fully saturated rings. The third-order valence-electron chi connectivity index (χ3n) is 4.35. The van der Waals surface area contributed by atoms with Crippen molar-refractivity contribution < 1.29 is 9.47 Å². The summed E-state index contributed by atoms with van der Waals surface area (Å²) >= 11 is 0. The van der Waals surface area contributed by atoms with Crippen LogP contribution in [0.4, 0.5) is 0 Å². The zero-order valence-electron chi connectivity index (χ0n) is 13.7. The average molecular weight is 316 g/mol. The third-order valence-corrected chi connectivity index (χ3v) is 4.35. The van der Waals surface area contributed by atoms with E-state index in [-0.39, 0.29) is 6.10 Å². The highest BCUT2D eigenvalue weighted by Crippen LogP contribution is 2.32. The van der Waals surface area contributed by atoms with Gasteiger partial charge in [-0.25, -0.2) is 9.97 Å². The number of aryl methyl sites for hydroxylation is 1. The number of nitrogens with one attached hydrogen (secondary N) is 1. The smallest absolute Gasteiger partial charge is 0.216 e. The number of methoxy groups -OCH3 is 1. The van der Waals surface area contributed by atoms with Gasteiger partial charge in [0.15, 0.2) is 0 Å². The molecule has 0 radical (unpaired) electrons. The number of rotatable bonds is 7. The predicted octanol–water partition coefficient (Wildman–Crippen LogP) is 1.73. The Bertz CT molecular complexity index is 629. The van der Waals surface area contributed by atoms with Crippen molar-refractivity contribution in [3.63, 3.8) is 0 Å². The summed E-state index contributed by atoms with van der Waals surface area (Å²) in [6.07, 6.45) is 7.61. The van der Waals surface area contributed by atoms with Crippen LogP contribution in [0.3, 0.4) is 0 Å². The first-order chi connectivity index (χ1) is 11.3. The quantitative estimate of drug-likeness (QED) is 0.788. The Morgan fingerprint density at radius 1 is 1.39 bits per heavy atom. The van der Waals surface area contributed by atoms with Crippen molar-refractivity contribution >= 4 is 0 Å². The van der Waals surface area contributed by atoms with Gasteiger partial charge in [-0.1, -0.05) is 6.07 Å². The van der Waals surface area contributed by atoms with Crippen LogP contribution in [-0.4, -0.2) is 41.3 Å². The lowest BCUT2D eigenvalue weighted by Gasteiger charge is -2.19. The van der Waals surface area contributed by atoms with E-state index in [9.17, 15) is 0 Å². The van der Waals surface area contributed by atoms with E-state index in [1.807, 2.05) is 30.1 Å². The normalized spacial score (nSPS) is 20.8. The number of hydrogen-bond acceptors (Lipinski definition) is 5. The van der Waals surface area contributed by atoms with E-state index >= 15 is 0 Å². The molecule has 23 heavy (non-hydrogen) atoms. The Balaban J connectivity index is 1.49. The van der Waals surface area contributed by atoms with Gasteiger partial charge in [0.05, 0.1) is 7.11 Å². The van der Waals surface area contributed by atoms with Gasteiger partial charge in [-0.3, -0.25) is 0 Å². The SMILES string of the molecule is COc1ncccc1CCNC[C@@H]1CCO[C@H]1c1nccn1C. The molecular formula is C17H24N4O2. The molecule has 3 heterocycles. The molecule has 2 aromatic rings. The van der Waals surface area contributed by atoms with Crippen molar-refractivity contribution in [1.82, 2.24) is 19.9 Å². The van der Waals surface area contributed by atoms with Crippen molar-refractivity contribution in [3.05, 3.63) is 42.1 Å². The molecule has 0 bridgehead atoms. The first kappa shape index (κ1) is 16.0. The number of pyridine rings is 1. The molecule has 1 aliphatic heterocycles. The summed E-state index contributed by atoms with van der Waals surface area (Å²) in [6, 6.07) is 4.00. The van der Waals surface area contributed by atoms with E-state index in [0.717, 1.165) is 43.9 Å². The fourth-order valence-electron chi connectivity index (χ4n) is 3.09. The first-order valence-corrected chi connectivity index (χ1v) is 8.07. The molecule has 0 amide bonds. The van der Waals surface area contributed by atoms with Gasteiger partial charge < -0.3 is 19.4 Å². The summed E-state index contributed by atoms with van der Waals surface area (Å²) < 4.78 is 13.2. The summed E-state index contributed by atoms with van der Waals surface area (Å²) in [6.45, 7) is 2.63. The Kier molecular flexibility index (Phi) is 5.25. The fourth-order valence-corrected chi connectivity index (χ4v) is 3.09. The van der Waals surface area contributed by atoms with Crippen LogP contribution in [-0.2, 0) is 18.2 Å².